The van der Waals surface area contributed by atoms with Crippen LogP contribution in [0.15, 0.2) is 60.4 Å². The van der Waals surface area contributed by atoms with E-state index in [4.69, 9.17) is 11.1 Å². The lowest BCUT2D eigenvalue weighted by molar-refractivity contribution is -0.0925. The summed E-state index contributed by atoms with van der Waals surface area (Å²) in [5, 5.41) is 10.1. The molecule has 0 aliphatic heterocycles. The number of nitrogens with two attached hydrogens (primary N) is 1. The number of pyridine rings is 1. The zero-order chi connectivity index (χ0) is 19.8. The van der Waals surface area contributed by atoms with Crippen molar-refractivity contribution in [3.05, 3.63) is 77.3 Å². The summed E-state index contributed by atoms with van der Waals surface area (Å²) in [6, 6.07) is 13.5. The van der Waals surface area contributed by atoms with E-state index in [1.54, 1.807) is 12.1 Å². The summed E-state index contributed by atoms with van der Waals surface area (Å²) in [5.74, 6) is 0. The van der Waals surface area contributed by atoms with Crippen molar-refractivity contribution in [2.45, 2.75) is 20.0 Å². The molecular formula is C21H18F3N3. The fourth-order valence-corrected chi connectivity index (χ4v) is 3.19. The average Bonchev–Trinajstić information content (AvgIpc) is 2.61. The standard InChI is InChI=1S/C21H18F3N3/c1-12-9-14-5-3-4-6-16(14)13(2)20(12)15-7-8-27-18(10-15)17(25)11-19(26)21(22,23)24/h3-11,25H,26H2,1-2H3. The van der Waals surface area contributed by atoms with Crippen LogP contribution in [-0.4, -0.2) is 16.9 Å². The third-order valence-electron chi connectivity index (χ3n) is 4.46. The Morgan fingerprint density at radius 3 is 2.52 bits per heavy atom. The molecule has 3 nitrogen and oxygen atoms in total. The van der Waals surface area contributed by atoms with Crippen LogP contribution in [0.3, 0.4) is 0 Å². The minimum absolute atomic E-state index is 0.131. The van der Waals surface area contributed by atoms with Crippen LogP contribution in [0.4, 0.5) is 13.2 Å². The van der Waals surface area contributed by atoms with Gasteiger partial charge in [-0.15, -0.1) is 0 Å². The van der Waals surface area contributed by atoms with E-state index in [0.29, 0.717) is 6.08 Å². The van der Waals surface area contributed by atoms with Crippen LogP contribution in [0.1, 0.15) is 16.8 Å². The van der Waals surface area contributed by atoms with Crippen LogP contribution in [0.2, 0.25) is 0 Å². The van der Waals surface area contributed by atoms with Crippen molar-refractivity contribution >= 4 is 16.5 Å². The minimum atomic E-state index is -4.67. The quantitative estimate of drug-likeness (QED) is 0.616. The fourth-order valence-electron chi connectivity index (χ4n) is 3.19. The molecule has 2 aromatic carbocycles. The predicted octanol–water partition coefficient (Wildman–Crippen LogP) is 5.29. The van der Waals surface area contributed by atoms with Gasteiger partial charge in [0.1, 0.15) is 5.70 Å². The Kier molecular flexibility index (Phi) is 4.74. The maximum absolute atomic E-state index is 12.6. The third kappa shape index (κ3) is 3.69. The maximum Gasteiger partial charge on any atom is 0.430 e. The molecule has 6 heteroatoms. The second kappa shape index (κ2) is 6.87. The summed E-state index contributed by atoms with van der Waals surface area (Å²) in [6.45, 7) is 4.00. The summed E-state index contributed by atoms with van der Waals surface area (Å²) in [4.78, 5) is 4.03. The van der Waals surface area contributed by atoms with Crippen LogP contribution >= 0.6 is 0 Å². The molecule has 0 bridgehead atoms. The summed E-state index contributed by atoms with van der Waals surface area (Å²) in [7, 11) is 0. The van der Waals surface area contributed by atoms with Gasteiger partial charge in [-0.05, 0) is 65.1 Å². The number of hydrogen-bond acceptors (Lipinski definition) is 3. The Hall–Kier alpha value is -3.15. The Bertz CT molecular complexity index is 1070. The first-order valence-corrected chi connectivity index (χ1v) is 8.27. The van der Waals surface area contributed by atoms with Gasteiger partial charge in [-0.1, -0.05) is 30.3 Å². The number of nitrogens with zero attached hydrogens (tertiary/aromatic N) is 1. The van der Waals surface area contributed by atoms with Crippen molar-refractivity contribution in [2.24, 2.45) is 5.73 Å². The summed E-state index contributed by atoms with van der Waals surface area (Å²) in [5.41, 5.74) is 7.33. The molecule has 3 N–H and O–H groups in total. The lowest BCUT2D eigenvalue weighted by atomic mass is 9.91. The number of aromatic nitrogens is 1. The molecule has 3 rings (SSSR count). The molecule has 0 radical (unpaired) electrons. The zero-order valence-corrected chi connectivity index (χ0v) is 14.9. The van der Waals surface area contributed by atoms with Crippen molar-refractivity contribution < 1.29 is 13.2 Å². The van der Waals surface area contributed by atoms with E-state index in [0.717, 1.165) is 33.0 Å². The molecule has 1 heterocycles. The number of allylic oxidation sites excluding steroid dienone is 2. The Labute approximate surface area is 154 Å². The molecule has 3 aromatic rings. The number of rotatable bonds is 3. The second-order valence-corrected chi connectivity index (χ2v) is 6.36. The highest BCUT2D eigenvalue weighted by atomic mass is 19.4. The van der Waals surface area contributed by atoms with Gasteiger partial charge in [0.25, 0.3) is 0 Å². The zero-order valence-electron chi connectivity index (χ0n) is 14.9. The number of hydrogen-bond donors (Lipinski definition) is 2. The first-order chi connectivity index (χ1) is 12.7. The largest absolute Gasteiger partial charge is 0.430 e. The number of alkyl halides is 3. The lowest BCUT2D eigenvalue weighted by Gasteiger charge is -2.14. The molecule has 0 saturated carbocycles. The Morgan fingerprint density at radius 2 is 1.81 bits per heavy atom. The van der Waals surface area contributed by atoms with Crippen LogP contribution in [0, 0.1) is 19.3 Å². The molecule has 0 aliphatic carbocycles. The van der Waals surface area contributed by atoms with E-state index in [1.807, 2.05) is 38.1 Å². The predicted molar refractivity (Wildman–Crippen MR) is 102 cm³/mol. The van der Waals surface area contributed by atoms with Gasteiger partial charge in [0.05, 0.1) is 11.4 Å². The van der Waals surface area contributed by atoms with Crippen molar-refractivity contribution in [1.82, 2.24) is 4.98 Å². The number of nitrogens with one attached hydrogen (secondary N) is 1. The third-order valence-corrected chi connectivity index (χ3v) is 4.46. The van der Waals surface area contributed by atoms with Crippen molar-refractivity contribution in [1.29, 1.82) is 5.41 Å². The van der Waals surface area contributed by atoms with Gasteiger partial charge in [0, 0.05) is 6.20 Å². The molecule has 0 atom stereocenters. The van der Waals surface area contributed by atoms with Crippen LogP contribution in [0.25, 0.3) is 21.9 Å². The van der Waals surface area contributed by atoms with E-state index in [2.05, 4.69) is 11.1 Å². The van der Waals surface area contributed by atoms with Gasteiger partial charge in [-0.3, -0.25) is 10.4 Å². The number of benzene rings is 2. The average molecular weight is 369 g/mol. The first kappa shape index (κ1) is 18.6. The smallest absolute Gasteiger partial charge is 0.395 e. The van der Waals surface area contributed by atoms with Gasteiger partial charge < -0.3 is 5.73 Å². The summed E-state index contributed by atoms with van der Waals surface area (Å²) in [6.07, 6.45) is -2.59. The molecule has 0 aliphatic rings. The van der Waals surface area contributed by atoms with Crippen LogP contribution < -0.4 is 5.73 Å². The van der Waals surface area contributed by atoms with Crippen molar-refractivity contribution in [3.63, 3.8) is 0 Å². The Balaban J connectivity index is 2.09. The van der Waals surface area contributed by atoms with Crippen molar-refractivity contribution in [2.75, 3.05) is 0 Å². The normalized spacial score (nSPS) is 12.4. The van der Waals surface area contributed by atoms with Gasteiger partial charge in [0.15, 0.2) is 0 Å². The molecule has 0 spiro atoms. The highest BCUT2D eigenvalue weighted by Crippen LogP contribution is 2.33. The Morgan fingerprint density at radius 1 is 1.11 bits per heavy atom. The summed E-state index contributed by atoms with van der Waals surface area (Å²) < 4.78 is 37.8. The SMILES string of the molecule is Cc1cc2ccccc2c(C)c1-c1ccnc(C(=N)C=C(N)C(F)(F)F)c1. The van der Waals surface area contributed by atoms with Crippen molar-refractivity contribution in [3.8, 4) is 11.1 Å². The van der Waals surface area contributed by atoms with E-state index in [9.17, 15) is 13.2 Å². The molecule has 138 valence electrons. The van der Waals surface area contributed by atoms with E-state index >= 15 is 0 Å². The highest BCUT2D eigenvalue weighted by Gasteiger charge is 2.31. The van der Waals surface area contributed by atoms with Crippen LogP contribution in [0.5, 0.6) is 0 Å². The molecule has 0 saturated heterocycles. The molecule has 27 heavy (non-hydrogen) atoms. The number of aryl methyl sites for hydroxylation is 2. The molecule has 0 fully saturated rings. The maximum atomic E-state index is 12.6. The molecule has 1 aromatic heterocycles. The van der Waals surface area contributed by atoms with Gasteiger partial charge in [-0.25, -0.2) is 0 Å². The number of halogens is 3. The van der Waals surface area contributed by atoms with E-state index in [-0.39, 0.29) is 11.4 Å². The summed E-state index contributed by atoms with van der Waals surface area (Å²) >= 11 is 0. The topological polar surface area (TPSA) is 62.8 Å². The van der Waals surface area contributed by atoms with Gasteiger partial charge in [-0.2, -0.15) is 13.2 Å². The molecule has 0 unspecified atom stereocenters. The lowest BCUT2D eigenvalue weighted by Crippen LogP contribution is -2.20. The highest BCUT2D eigenvalue weighted by molar-refractivity contribution is 6.06. The fraction of sp³-hybridized carbons (Fsp3) is 0.143. The minimum Gasteiger partial charge on any atom is -0.395 e. The van der Waals surface area contributed by atoms with Gasteiger partial charge >= 0.3 is 6.18 Å². The second-order valence-electron chi connectivity index (χ2n) is 6.36. The molecular weight excluding hydrogens is 351 g/mol. The van der Waals surface area contributed by atoms with Crippen LogP contribution in [-0.2, 0) is 0 Å². The van der Waals surface area contributed by atoms with E-state index < -0.39 is 11.9 Å². The molecule has 0 amide bonds. The van der Waals surface area contributed by atoms with E-state index in [1.165, 1.54) is 6.20 Å². The van der Waals surface area contributed by atoms with Gasteiger partial charge in [0.2, 0.25) is 0 Å². The first-order valence-electron chi connectivity index (χ1n) is 8.27. The number of fused-ring (bicyclic) bond motifs is 1. The monoisotopic (exact) mass is 369 g/mol.